The van der Waals surface area contributed by atoms with Gasteiger partial charge < -0.3 is 10.2 Å². The van der Waals surface area contributed by atoms with E-state index in [4.69, 9.17) is 0 Å². The molecule has 0 unspecified atom stereocenters. The van der Waals surface area contributed by atoms with E-state index in [0.29, 0.717) is 16.8 Å². The topological polar surface area (TPSA) is 78.1 Å². The van der Waals surface area contributed by atoms with Crippen LogP contribution < -0.4 is 0 Å². The molecule has 5 nitrogen and oxygen atoms in total. The Labute approximate surface area is 137 Å². The van der Waals surface area contributed by atoms with Crippen molar-refractivity contribution < 1.29 is 10.2 Å². The summed E-state index contributed by atoms with van der Waals surface area (Å²) in [5.41, 5.74) is 1.67. The number of aromatic hydroxyl groups is 2. The van der Waals surface area contributed by atoms with Crippen LogP contribution in [0.1, 0.15) is 0 Å². The zero-order chi connectivity index (χ0) is 16.5. The second-order valence-corrected chi connectivity index (χ2v) is 5.39. The predicted octanol–water partition coefficient (Wildman–Crippen LogP) is 5.21. The molecule has 116 valence electrons. The van der Waals surface area contributed by atoms with Gasteiger partial charge in [-0.15, -0.1) is 10.2 Å². The van der Waals surface area contributed by atoms with Crippen LogP contribution in [0.25, 0.3) is 21.7 Å². The molecule has 0 saturated heterocycles. The maximum atomic E-state index is 10.1. The van der Waals surface area contributed by atoms with E-state index in [1.165, 1.54) is 0 Å². The van der Waals surface area contributed by atoms with Crippen molar-refractivity contribution in [2.24, 2.45) is 10.2 Å². The fraction of sp³-hybridized carbons (Fsp3) is 0. The van der Waals surface area contributed by atoms with Crippen molar-refractivity contribution in [1.29, 1.82) is 0 Å². The van der Waals surface area contributed by atoms with Crippen molar-refractivity contribution >= 4 is 33.1 Å². The molecule has 0 spiro atoms. The smallest absolute Gasteiger partial charge is 0.143 e. The largest absolute Gasteiger partial charge is 0.508 e. The zero-order valence-electron chi connectivity index (χ0n) is 12.6. The minimum Gasteiger partial charge on any atom is -0.508 e. The van der Waals surface area contributed by atoms with E-state index in [9.17, 15) is 10.2 Å². The first kappa shape index (κ1) is 14.1. The molecule has 0 fully saturated rings. The number of rotatable bonds is 2. The minimum atomic E-state index is 0.00467. The summed E-state index contributed by atoms with van der Waals surface area (Å²) in [6.07, 6.45) is 1.70. The number of pyridine rings is 1. The number of hydrogen-bond acceptors (Lipinski definition) is 5. The molecular formula is C19H13N3O2. The van der Waals surface area contributed by atoms with Crippen LogP contribution in [0.5, 0.6) is 11.5 Å². The van der Waals surface area contributed by atoms with E-state index >= 15 is 0 Å². The summed E-state index contributed by atoms with van der Waals surface area (Å²) in [6.45, 7) is 0. The van der Waals surface area contributed by atoms with E-state index in [0.717, 1.165) is 16.3 Å². The Balaban J connectivity index is 1.88. The van der Waals surface area contributed by atoms with Gasteiger partial charge in [-0.3, -0.25) is 4.98 Å². The number of benzene rings is 3. The average Bonchev–Trinajstić information content (AvgIpc) is 2.61. The van der Waals surface area contributed by atoms with Gasteiger partial charge in [-0.1, -0.05) is 30.3 Å². The number of para-hydroxylation sites is 1. The summed E-state index contributed by atoms with van der Waals surface area (Å²) in [6, 6.07) is 17.7. The number of aromatic nitrogens is 1. The van der Waals surface area contributed by atoms with Gasteiger partial charge in [0, 0.05) is 17.0 Å². The Morgan fingerprint density at radius 1 is 0.792 bits per heavy atom. The SMILES string of the molecule is Oc1ccc2ccc(O)c(N=Nc3cccc4cccnc34)c2c1. The van der Waals surface area contributed by atoms with Gasteiger partial charge in [0.25, 0.3) is 0 Å². The molecule has 0 aliphatic heterocycles. The third-order valence-electron chi connectivity index (χ3n) is 3.82. The van der Waals surface area contributed by atoms with Gasteiger partial charge in [-0.05, 0) is 35.7 Å². The van der Waals surface area contributed by atoms with Crippen molar-refractivity contribution in [3.05, 3.63) is 66.9 Å². The molecule has 24 heavy (non-hydrogen) atoms. The third kappa shape index (κ3) is 2.42. The molecule has 0 atom stereocenters. The van der Waals surface area contributed by atoms with Crippen LogP contribution in [0.4, 0.5) is 11.4 Å². The van der Waals surface area contributed by atoms with Crippen LogP contribution in [0.15, 0.2) is 77.1 Å². The summed E-state index contributed by atoms with van der Waals surface area (Å²) in [5, 5.41) is 30.8. The number of phenolic OH excluding ortho intramolecular Hbond substituents is 2. The first-order valence-electron chi connectivity index (χ1n) is 7.42. The lowest BCUT2D eigenvalue weighted by atomic mass is 10.1. The molecule has 0 radical (unpaired) electrons. The second kappa shape index (κ2) is 5.62. The summed E-state index contributed by atoms with van der Waals surface area (Å²) in [4.78, 5) is 4.34. The van der Waals surface area contributed by atoms with Crippen LogP contribution in [0.3, 0.4) is 0 Å². The van der Waals surface area contributed by atoms with Gasteiger partial charge in [0.2, 0.25) is 0 Å². The fourth-order valence-corrected chi connectivity index (χ4v) is 2.66. The van der Waals surface area contributed by atoms with Gasteiger partial charge in [-0.25, -0.2) is 0 Å². The van der Waals surface area contributed by atoms with Crippen molar-refractivity contribution in [2.45, 2.75) is 0 Å². The first-order valence-corrected chi connectivity index (χ1v) is 7.42. The first-order chi connectivity index (χ1) is 11.7. The Morgan fingerprint density at radius 2 is 1.62 bits per heavy atom. The molecule has 0 amide bonds. The molecule has 0 aliphatic carbocycles. The molecule has 5 heteroatoms. The molecule has 4 rings (SSSR count). The highest BCUT2D eigenvalue weighted by Crippen LogP contribution is 2.38. The number of azo groups is 1. The van der Waals surface area contributed by atoms with Gasteiger partial charge in [0.05, 0.1) is 5.52 Å². The lowest BCUT2D eigenvalue weighted by molar-refractivity contribution is 0.475. The molecule has 0 saturated carbocycles. The minimum absolute atomic E-state index is 0.00467. The fourth-order valence-electron chi connectivity index (χ4n) is 2.66. The highest BCUT2D eigenvalue weighted by molar-refractivity contribution is 5.96. The molecule has 4 aromatic rings. The molecule has 3 aromatic carbocycles. The molecular weight excluding hydrogens is 302 g/mol. The van der Waals surface area contributed by atoms with Crippen LogP contribution in [0.2, 0.25) is 0 Å². The van der Waals surface area contributed by atoms with Crippen molar-refractivity contribution in [2.75, 3.05) is 0 Å². The van der Waals surface area contributed by atoms with E-state index in [-0.39, 0.29) is 11.5 Å². The average molecular weight is 315 g/mol. The summed E-state index contributed by atoms with van der Waals surface area (Å²) < 4.78 is 0. The normalized spacial score (nSPS) is 11.5. The lowest BCUT2D eigenvalue weighted by Gasteiger charge is -2.05. The Kier molecular flexibility index (Phi) is 3.31. The number of hydrogen-bond donors (Lipinski definition) is 2. The lowest BCUT2D eigenvalue weighted by Crippen LogP contribution is -1.78. The quantitative estimate of drug-likeness (QED) is 0.498. The number of phenols is 2. The Bertz CT molecular complexity index is 1080. The Morgan fingerprint density at radius 3 is 2.54 bits per heavy atom. The van der Waals surface area contributed by atoms with Gasteiger partial charge in [0.1, 0.15) is 22.9 Å². The van der Waals surface area contributed by atoms with Crippen LogP contribution in [0, 0.1) is 0 Å². The van der Waals surface area contributed by atoms with Gasteiger partial charge >= 0.3 is 0 Å². The monoisotopic (exact) mass is 315 g/mol. The molecule has 0 bridgehead atoms. The van der Waals surface area contributed by atoms with E-state index in [2.05, 4.69) is 15.2 Å². The molecule has 1 aromatic heterocycles. The van der Waals surface area contributed by atoms with Crippen molar-refractivity contribution in [3.8, 4) is 11.5 Å². The molecule has 0 aliphatic rings. The van der Waals surface area contributed by atoms with Crippen LogP contribution in [-0.2, 0) is 0 Å². The summed E-state index contributed by atoms with van der Waals surface area (Å²) in [7, 11) is 0. The maximum Gasteiger partial charge on any atom is 0.143 e. The molecule has 2 N–H and O–H groups in total. The highest BCUT2D eigenvalue weighted by Gasteiger charge is 2.08. The zero-order valence-corrected chi connectivity index (χ0v) is 12.6. The Hall–Kier alpha value is -3.47. The van der Waals surface area contributed by atoms with Crippen molar-refractivity contribution in [3.63, 3.8) is 0 Å². The number of fused-ring (bicyclic) bond motifs is 2. The summed E-state index contributed by atoms with van der Waals surface area (Å²) >= 11 is 0. The van der Waals surface area contributed by atoms with Crippen LogP contribution in [-0.4, -0.2) is 15.2 Å². The van der Waals surface area contributed by atoms with Gasteiger partial charge in [-0.2, -0.15) is 0 Å². The second-order valence-electron chi connectivity index (χ2n) is 5.39. The highest BCUT2D eigenvalue weighted by atomic mass is 16.3. The van der Waals surface area contributed by atoms with Gasteiger partial charge in [0.15, 0.2) is 0 Å². The standard InChI is InChI=1S/C19H13N3O2/c23-14-8-6-12-7-9-17(24)19(15(12)11-14)22-21-16-5-1-3-13-4-2-10-20-18(13)16/h1-11,23-24H. The molecule has 1 heterocycles. The van der Waals surface area contributed by atoms with E-state index in [1.807, 2.05) is 30.3 Å². The van der Waals surface area contributed by atoms with Crippen LogP contribution >= 0.6 is 0 Å². The van der Waals surface area contributed by atoms with E-state index in [1.54, 1.807) is 36.5 Å². The third-order valence-corrected chi connectivity index (χ3v) is 3.82. The predicted molar refractivity (Wildman–Crippen MR) is 93.2 cm³/mol. The number of nitrogens with zero attached hydrogens (tertiary/aromatic N) is 3. The summed E-state index contributed by atoms with van der Waals surface area (Å²) in [5.74, 6) is 0.112. The maximum absolute atomic E-state index is 10.1. The van der Waals surface area contributed by atoms with Crippen molar-refractivity contribution in [1.82, 2.24) is 4.98 Å². The van der Waals surface area contributed by atoms with E-state index < -0.39 is 0 Å².